The maximum Gasteiger partial charge on any atom is 0.306 e. The second-order valence-corrected chi connectivity index (χ2v) is 18.1. The highest BCUT2D eigenvalue weighted by Crippen LogP contribution is 2.13. The molecule has 1 unspecified atom stereocenters. The average Bonchev–Trinajstić information content (AvgIpc) is 3.34. The van der Waals surface area contributed by atoms with Crippen LogP contribution in [0, 0.1) is 0 Å². The SMILES string of the molecule is CC/C=C\C/C=C\C/C=C\C/C=C\C/C=C\CCCC(=O)OCC(COCCCCCCCCCCCC/C=C\CCCCCCCC)OC(=O)CCCC/C=C\C/C=C\C/C=C\C/C=C\CC. The van der Waals surface area contributed by atoms with Crippen molar-refractivity contribution < 1.29 is 23.8 Å². The van der Waals surface area contributed by atoms with E-state index in [0.717, 1.165) is 103 Å². The van der Waals surface area contributed by atoms with Gasteiger partial charge in [-0.2, -0.15) is 0 Å². The van der Waals surface area contributed by atoms with Gasteiger partial charge in [-0.1, -0.05) is 226 Å². The molecule has 386 valence electrons. The van der Waals surface area contributed by atoms with Gasteiger partial charge in [0.2, 0.25) is 0 Å². The lowest BCUT2D eigenvalue weighted by Crippen LogP contribution is -2.30. The molecule has 0 saturated carbocycles. The van der Waals surface area contributed by atoms with Crippen LogP contribution in [0.2, 0.25) is 0 Å². The average molecular weight is 942 g/mol. The molecule has 0 heterocycles. The highest BCUT2D eigenvalue weighted by atomic mass is 16.6. The Bertz CT molecular complexity index is 1390. The first-order valence-corrected chi connectivity index (χ1v) is 28.1. The molecule has 0 bridgehead atoms. The molecular weight excluding hydrogens is 837 g/mol. The van der Waals surface area contributed by atoms with E-state index in [1.807, 2.05) is 0 Å². The Balaban J connectivity index is 4.41. The summed E-state index contributed by atoms with van der Waals surface area (Å²) in [6.07, 6.45) is 80.9. The Labute approximate surface area is 420 Å². The van der Waals surface area contributed by atoms with Crippen molar-refractivity contribution in [3.05, 3.63) is 122 Å². The number of rotatable bonds is 50. The molecule has 0 amide bonds. The molecule has 0 radical (unpaired) electrons. The third-order valence-corrected chi connectivity index (χ3v) is 11.5. The molecular formula is C63H104O5. The topological polar surface area (TPSA) is 61.8 Å². The second kappa shape index (κ2) is 57.6. The summed E-state index contributed by atoms with van der Waals surface area (Å²) in [6, 6.07) is 0. The molecule has 0 saturated heterocycles. The lowest BCUT2D eigenvalue weighted by molar-refractivity contribution is -0.162. The molecule has 5 nitrogen and oxygen atoms in total. The fourth-order valence-electron chi connectivity index (χ4n) is 7.35. The van der Waals surface area contributed by atoms with Crippen LogP contribution in [-0.4, -0.2) is 37.9 Å². The van der Waals surface area contributed by atoms with Crippen molar-refractivity contribution in [3.8, 4) is 0 Å². The molecule has 0 N–H and O–H groups in total. The largest absolute Gasteiger partial charge is 0.462 e. The van der Waals surface area contributed by atoms with E-state index in [4.69, 9.17) is 14.2 Å². The number of unbranched alkanes of at least 4 members (excludes halogenated alkanes) is 19. The smallest absolute Gasteiger partial charge is 0.306 e. The van der Waals surface area contributed by atoms with E-state index in [-0.39, 0.29) is 25.2 Å². The zero-order valence-electron chi connectivity index (χ0n) is 44.3. The van der Waals surface area contributed by atoms with Crippen molar-refractivity contribution >= 4 is 11.9 Å². The van der Waals surface area contributed by atoms with Gasteiger partial charge in [0.05, 0.1) is 6.61 Å². The number of hydrogen-bond donors (Lipinski definition) is 0. The second-order valence-electron chi connectivity index (χ2n) is 18.1. The highest BCUT2D eigenvalue weighted by molar-refractivity contribution is 5.70. The first kappa shape index (κ1) is 64.3. The normalized spacial score (nSPS) is 13.2. The fourth-order valence-corrected chi connectivity index (χ4v) is 7.35. The van der Waals surface area contributed by atoms with Gasteiger partial charge in [0, 0.05) is 19.4 Å². The van der Waals surface area contributed by atoms with Gasteiger partial charge < -0.3 is 14.2 Å². The maximum absolute atomic E-state index is 12.8. The summed E-state index contributed by atoms with van der Waals surface area (Å²) in [5.74, 6) is -0.517. The van der Waals surface area contributed by atoms with Gasteiger partial charge in [-0.25, -0.2) is 0 Å². The van der Waals surface area contributed by atoms with Gasteiger partial charge in [-0.15, -0.1) is 0 Å². The van der Waals surface area contributed by atoms with Crippen molar-refractivity contribution in [1.82, 2.24) is 0 Å². The molecule has 0 fully saturated rings. The van der Waals surface area contributed by atoms with Gasteiger partial charge in [-0.05, 0) is 122 Å². The van der Waals surface area contributed by atoms with Crippen LogP contribution in [0.3, 0.4) is 0 Å². The monoisotopic (exact) mass is 941 g/mol. The van der Waals surface area contributed by atoms with Crippen LogP contribution in [0.5, 0.6) is 0 Å². The Kier molecular flexibility index (Phi) is 54.5. The van der Waals surface area contributed by atoms with E-state index in [1.165, 1.54) is 103 Å². The lowest BCUT2D eigenvalue weighted by Gasteiger charge is -2.18. The minimum atomic E-state index is -0.590. The molecule has 0 rings (SSSR count). The van der Waals surface area contributed by atoms with E-state index in [9.17, 15) is 9.59 Å². The van der Waals surface area contributed by atoms with E-state index in [0.29, 0.717) is 19.4 Å². The zero-order valence-corrected chi connectivity index (χ0v) is 44.3. The van der Waals surface area contributed by atoms with Gasteiger partial charge in [0.1, 0.15) is 6.61 Å². The van der Waals surface area contributed by atoms with Crippen LogP contribution in [-0.2, 0) is 23.8 Å². The molecule has 0 spiro atoms. The third-order valence-electron chi connectivity index (χ3n) is 11.5. The Morgan fingerprint density at radius 1 is 0.338 bits per heavy atom. The highest BCUT2D eigenvalue weighted by Gasteiger charge is 2.17. The molecule has 1 atom stereocenters. The summed E-state index contributed by atoms with van der Waals surface area (Å²) in [6.45, 7) is 7.49. The minimum Gasteiger partial charge on any atom is -0.462 e. The Hall–Kier alpha value is -3.70. The van der Waals surface area contributed by atoms with Crippen LogP contribution in [0.15, 0.2) is 122 Å². The molecule has 0 aliphatic rings. The molecule has 0 aromatic carbocycles. The Morgan fingerprint density at radius 2 is 0.676 bits per heavy atom. The quantitative estimate of drug-likeness (QED) is 0.0345. The number of esters is 2. The molecule has 5 heteroatoms. The van der Waals surface area contributed by atoms with Crippen LogP contribution < -0.4 is 0 Å². The number of carbonyl (C=O) groups excluding carboxylic acids is 2. The maximum atomic E-state index is 12.8. The van der Waals surface area contributed by atoms with Gasteiger partial charge >= 0.3 is 11.9 Å². The summed E-state index contributed by atoms with van der Waals surface area (Å²) in [4.78, 5) is 25.4. The van der Waals surface area contributed by atoms with Gasteiger partial charge in [-0.3, -0.25) is 9.59 Å². The molecule has 0 aliphatic carbocycles. The predicted octanol–water partition coefficient (Wildman–Crippen LogP) is 19.3. The number of carbonyl (C=O) groups is 2. The molecule has 68 heavy (non-hydrogen) atoms. The Morgan fingerprint density at radius 3 is 1.12 bits per heavy atom. The number of allylic oxidation sites excluding steroid dienone is 20. The van der Waals surface area contributed by atoms with E-state index in [2.05, 4.69) is 142 Å². The molecule has 0 aromatic heterocycles. The van der Waals surface area contributed by atoms with Gasteiger partial charge in [0.15, 0.2) is 6.10 Å². The van der Waals surface area contributed by atoms with Crippen molar-refractivity contribution in [2.75, 3.05) is 19.8 Å². The van der Waals surface area contributed by atoms with Gasteiger partial charge in [0.25, 0.3) is 0 Å². The summed E-state index contributed by atoms with van der Waals surface area (Å²) in [5.41, 5.74) is 0. The number of ether oxygens (including phenoxy) is 3. The van der Waals surface area contributed by atoms with E-state index >= 15 is 0 Å². The van der Waals surface area contributed by atoms with E-state index < -0.39 is 6.10 Å². The van der Waals surface area contributed by atoms with E-state index in [1.54, 1.807) is 0 Å². The first-order chi connectivity index (χ1) is 33.6. The van der Waals surface area contributed by atoms with Crippen molar-refractivity contribution in [2.24, 2.45) is 0 Å². The van der Waals surface area contributed by atoms with Crippen LogP contribution in [0.4, 0.5) is 0 Å². The van der Waals surface area contributed by atoms with Crippen LogP contribution in [0.25, 0.3) is 0 Å². The van der Waals surface area contributed by atoms with Crippen molar-refractivity contribution in [2.45, 2.75) is 245 Å². The lowest BCUT2D eigenvalue weighted by atomic mass is 10.1. The molecule has 0 aromatic rings. The van der Waals surface area contributed by atoms with Crippen LogP contribution in [0.1, 0.15) is 239 Å². The van der Waals surface area contributed by atoms with Crippen molar-refractivity contribution in [3.63, 3.8) is 0 Å². The summed E-state index contributed by atoms with van der Waals surface area (Å²) in [7, 11) is 0. The molecule has 0 aliphatic heterocycles. The van der Waals surface area contributed by atoms with Crippen molar-refractivity contribution in [1.29, 1.82) is 0 Å². The first-order valence-electron chi connectivity index (χ1n) is 28.1. The number of hydrogen-bond acceptors (Lipinski definition) is 5. The zero-order chi connectivity index (χ0) is 49.2. The fraction of sp³-hybridized carbons (Fsp3) is 0.651. The summed E-state index contributed by atoms with van der Waals surface area (Å²) < 4.78 is 17.4. The summed E-state index contributed by atoms with van der Waals surface area (Å²) >= 11 is 0. The van der Waals surface area contributed by atoms with Crippen LogP contribution >= 0.6 is 0 Å². The predicted molar refractivity (Wildman–Crippen MR) is 297 cm³/mol. The standard InChI is InChI=1S/C63H104O5/c1-4-7-10-13-16-19-22-25-28-30-31-32-34-37-40-43-46-49-52-55-58-66-59-61(68-63(65)57-54-51-48-45-42-39-35-27-24-21-18-15-12-9-6-3)60-67-62(64)56-53-50-47-44-41-38-36-33-29-26-23-20-17-14-11-8-5-2/h8-9,11-12,17-18,20-21,25-29,35-36,38,42,44-45,47,61H,4-7,10,13-16,19,22-24,30-34,37,39-41,43,46,48-60H2,1-3H3/b11-8-,12-9-,20-17-,21-18-,28-25-,29-26-,35-27-,38-36-,45-42-,47-44-. The minimum absolute atomic E-state index is 0.0319. The summed E-state index contributed by atoms with van der Waals surface area (Å²) in [5, 5.41) is 0. The third kappa shape index (κ3) is 54.9.